The van der Waals surface area contributed by atoms with Crippen LogP contribution in [0.25, 0.3) is 0 Å². The molecule has 1 aliphatic heterocycles. The van der Waals surface area contributed by atoms with Crippen molar-refractivity contribution in [2.75, 3.05) is 6.54 Å². The number of rotatable bonds is 4. The third-order valence-corrected chi connectivity index (χ3v) is 3.16. The third-order valence-electron chi connectivity index (χ3n) is 3.16. The van der Waals surface area contributed by atoms with Gasteiger partial charge in [-0.05, 0) is 38.6 Å². The van der Waals surface area contributed by atoms with Crippen LogP contribution in [0, 0.1) is 5.92 Å². The highest BCUT2D eigenvalue weighted by molar-refractivity contribution is 5.82. The van der Waals surface area contributed by atoms with E-state index in [1.54, 1.807) is 0 Å². The lowest BCUT2D eigenvalue weighted by molar-refractivity contribution is -0.125. The molecule has 3 heteroatoms. The second-order valence-corrected chi connectivity index (χ2v) is 4.75. The Balaban J connectivity index is 2.37. The molecule has 1 heterocycles. The van der Waals surface area contributed by atoms with Crippen molar-refractivity contribution in [3.8, 4) is 0 Å². The van der Waals surface area contributed by atoms with Crippen LogP contribution in [0.5, 0.6) is 0 Å². The molecule has 3 unspecified atom stereocenters. The van der Waals surface area contributed by atoms with Crippen molar-refractivity contribution in [2.45, 2.75) is 58.5 Å². The normalized spacial score (nSPS) is 28.5. The fourth-order valence-corrected chi connectivity index (χ4v) is 2.24. The molecule has 2 N–H and O–H groups in total. The molecule has 0 radical (unpaired) electrons. The zero-order chi connectivity index (χ0) is 11.3. The maximum atomic E-state index is 11.9. The van der Waals surface area contributed by atoms with Gasteiger partial charge in [0.15, 0.2) is 0 Å². The average molecular weight is 212 g/mol. The van der Waals surface area contributed by atoms with Crippen molar-refractivity contribution < 1.29 is 4.79 Å². The standard InChI is InChI=1S/C12H24N2O/c1-4-6-10(3)14-12(15)11-9(2)7-5-8-13-11/h9-11,13H,4-8H2,1-3H3,(H,14,15). The number of hydrogen-bond acceptors (Lipinski definition) is 2. The van der Waals surface area contributed by atoms with Gasteiger partial charge in [0.05, 0.1) is 6.04 Å². The van der Waals surface area contributed by atoms with E-state index in [4.69, 9.17) is 0 Å². The number of piperidine rings is 1. The summed E-state index contributed by atoms with van der Waals surface area (Å²) in [5, 5.41) is 6.38. The minimum Gasteiger partial charge on any atom is -0.352 e. The summed E-state index contributed by atoms with van der Waals surface area (Å²) in [7, 11) is 0. The van der Waals surface area contributed by atoms with E-state index in [0.717, 1.165) is 25.8 Å². The predicted molar refractivity (Wildman–Crippen MR) is 62.7 cm³/mol. The van der Waals surface area contributed by atoms with E-state index in [1.165, 1.54) is 6.42 Å². The van der Waals surface area contributed by atoms with Gasteiger partial charge < -0.3 is 10.6 Å². The number of carbonyl (C=O) groups excluding carboxylic acids is 1. The van der Waals surface area contributed by atoms with Gasteiger partial charge in [-0.2, -0.15) is 0 Å². The van der Waals surface area contributed by atoms with E-state index < -0.39 is 0 Å². The average Bonchev–Trinajstić information content (AvgIpc) is 2.18. The predicted octanol–water partition coefficient (Wildman–Crippen LogP) is 1.68. The summed E-state index contributed by atoms with van der Waals surface area (Å²) in [6.07, 6.45) is 4.53. The first-order valence-corrected chi connectivity index (χ1v) is 6.19. The van der Waals surface area contributed by atoms with Crippen LogP contribution in [0.15, 0.2) is 0 Å². The van der Waals surface area contributed by atoms with Crippen LogP contribution < -0.4 is 10.6 Å². The number of hydrogen-bond donors (Lipinski definition) is 2. The van der Waals surface area contributed by atoms with E-state index in [9.17, 15) is 4.79 Å². The lowest BCUT2D eigenvalue weighted by atomic mass is 9.92. The summed E-state index contributed by atoms with van der Waals surface area (Å²) in [5.41, 5.74) is 0. The maximum absolute atomic E-state index is 11.9. The summed E-state index contributed by atoms with van der Waals surface area (Å²) in [5.74, 6) is 0.649. The molecule has 3 atom stereocenters. The van der Waals surface area contributed by atoms with Crippen LogP contribution in [0.2, 0.25) is 0 Å². The maximum Gasteiger partial charge on any atom is 0.237 e. The highest BCUT2D eigenvalue weighted by Crippen LogP contribution is 2.15. The van der Waals surface area contributed by atoms with Crippen LogP contribution in [-0.2, 0) is 4.79 Å². The molecule has 1 fully saturated rings. The smallest absolute Gasteiger partial charge is 0.237 e. The number of carbonyl (C=O) groups is 1. The van der Waals surface area contributed by atoms with Gasteiger partial charge in [0, 0.05) is 6.04 Å². The first kappa shape index (κ1) is 12.5. The molecule has 1 saturated heterocycles. The molecule has 0 aromatic rings. The van der Waals surface area contributed by atoms with Gasteiger partial charge in [-0.15, -0.1) is 0 Å². The van der Waals surface area contributed by atoms with Gasteiger partial charge in [0.1, 0.15) is 0 Å². The Hall–Kier alpha value is -0.570. The number of nitrogens with one attached hydrogen (secondary N) is 2. The van der Waals surface area contributed by atoms with Gasteiger partial charge in [0.2, 0.25) is 5.91 Å². The molecule has 0 saturated carbocycles. The van der Waals surface area contributed by atoms with E-state index in [2.05, 4.69) is 31.4 Å². The van der Waals surface area contributed by atoms with Crippen molar-refractivity contribution in [1.29, 1.82) is 0 Å². The minimum atomic E-state index is 0.0260. The van der Waals surface area contributed by atoms with Crippen LogP contribution in [0.4, 0.5) is 0 Å². The van der Waals surface area contributed by atoms with Crippen LogP contribution in [0.3, 0.4) is 0 Å². The molecule has 15 heavy (non-hydrogen) atoms. The second kappa shape index (κ2) is 6.11. The summed E-state index contributed by atoms with van der Waals surface area (Å²) < 4.78 is 0. The molecular weight excluding hydrogens is 188 g/mol. The number of amides is 1. The molecule has 0 bridgehead atoms. The molecule has 88 valence electrons. The first-order valence-electron chi connectivity index (χ1n) is 6.19. The zero-order valence-electron chi connectivity index (χ0n) is 10.2. The van der Waals surface area contributed by atoms with Crippen molar-refractivity contribution in [3.05, 3.63) is 0 Å². The Bertz CT molecular complexity index is 206. The van der Waals surface area contributed by atoms with Crippen molar-refractivity contribution >= 4 is 5.91 Å². The fraction of sp³-hybridized carbons (Fsp3) is 0.917. The third kappa shape index (κ3) is 3.82. The Morgan fingerprint density at radius 1 is 1.60 bits per heavy atom. The summed E-state index contributed by atoms with van der Waals surface area (Å²) >= 11 is 0. The molecule has 1 amide bonds. The van der Waals surface area contributed by atoms with Gasteiger partial charge in [-0.3, -0.25) is 4.79 Å². The Labute approximate surface area is 93.0 Å². The molecule has 0 aromatic carbocycles. The SMILES string of the molecule is CCCC(C)NC(=O)C1NCCCC1C. The Kier molecular flexibility index (Phi) is 5.09. The largest absolute Gasteiger partial charge is 0.352 e. The highest BCUT2D eigenvalue weighted by atomic mass is 16.2. The van der Waals surface area contributed by atoms with Crippen LogP contribution >= 0.6 is 0 Å². The molecule has 0 aromatic heterocycles. The quantitative estimate of drug-likeness (QED) is 0.744. The van der Waals surface area contributed by atoms with E-state index in [0.29, 0.717) is 12.0 Å². The monoisotopic (exact) mass is 212 g/mol. The summed E-state index contributed by atoms with van der Waals surface area (Å²) in [6.45, 7) is 7.35. The molecule has 3 nitrogen and oxygen atoms in total. The van der Waals surface area contributed by atoms with Gasteiger partial charge in [-0.25, -0.2) is 0 Å². The Morgan fingerprint density at radius 2 is 2.33 bits per heavy atom. The lowest BCUT2D eigenvalue weighted by Gasteiger charge is -2.30. The summed E-state index contributed by atoms with van der Waals surface area (Å²) in [6, 6.07) is 0.330. The van der Waals surface area contributed by atoms with Crippen molar-refractivity contribution in [1.82, 2.24) is 10.6 Å². The lowest BCUT2D eigenvalue weighted by Crippen LogP contribution is -2.52. The van der Waals surface area contributed by atoms with Crippen molar-refractivity contribution in [2.24, 2.45) is 5.92 Å². The molecule has 1 rings (SSSR count). The topological polar surface area (TPSA) is 41.1 Å². The zero-order valence-corrected chi connectivity index (χ0v) is 10.2. The van der Waals surface area contributed by atoms with E-state index in [1.807, 2.05) is 0 Å². The van der Waals surface area contributed by atoms with E-state index in [-0.39, 0.29) is 11.9 Å². The molecule has 0 aliphatic carbocycles. The fourth-order valence-electron chi connectivity index (χ4n) is 2.24. The van der Waals surface area contributed by atoms with Gasteiger partial charge in [-0.1, -0.05) is 20.3 Å². The molecule has 1 aliphatic rings. The van der Waals surface area contributed by atoms with Crippen LogP contribution in [0.1, 0.15) is 46.5 Å². The Morgan fingerprint density at radius 3 is 2.93 bits per heavy atom. The van der Waals surface area contributed by atoms with Crippen molar-refractivity contribution in [3.63, 3.8) is 0 Å². The van der Waals surface area contributed by atoms with Crippen LogP contribution in [-0.4, -0.2) is 24.5 Å². The first-order chi connectivity index (χ1) is 7.15. The summed E-state index contributed by atoms with van der Waals surface area (Å²) in [4.78, 5) is 11.9. The van der Waals surface area contributed by atoms with Gasteiger partial charge >= 0.3 is 0 Å². The second-order valence-electron chi connectivity index (χ2n) is 4.75. The molecular formula is C12H24N2O. The van der Waals surface area contributed by atoms with Gasteiger partial charge in [0.25, 0.3) is 0 Å². The molecule has 0 spiro atoms. The van der Waals surface area contributed by atoms with E-state index >= 15 is 0 Å². The minimum absolute atomic E-state index is 0.0260. The highest BCUT2D eigenvalue weighted by Gasteiger charge is 2.27.